The van der Waals surface area contributed by atoms with E-state index in [0.717, 1.165) is 0 Å². The van der Waals surface area contributed by atoms with Crippen LogP contribution in [-0.4, -0.2) is 0 Å². The fourth-order valence-electron chi connectivity index (χ4n) is 6.37. The molecule has 0 saturated carbocycles. The van der Waals surface area contributed by atoms with Crippen LogP contribution in [0.5, 0.6) is 0 Å². The molecule has 2 aliphatic carbocycles. The third-order valence-electron chi connectivity index (χ3n) is 8.16. The summed E-state index contributed by atoms with van der Waals surface area (Å²) in [6.45, 7) is 0. The van der Waals surface area contributed by atoms with Crippen molar-refractivity contribution in [3.05, 3.63) is 189 Å². The van der Waals surface area contributed by atoms with Crippen molar-refractivity contribution >= 4 is 18.7 Å². The van der Waals surface area contributed by atoms with E-state index < -0.39 is 23.2 Å². The van der Waals surface area contributed by atoms with E-state index in [1.807, 2.05) is 0 Å². The van der Waals surface area contributed by atoms with E-state index >= 15 is 0 Å². The summed E-state index contributed by atoms with van der Waals surface area (Å²) in [5, 5.41) is 5.51. The first-order valence-corrected chi connectivity index (χ1v) is 16.6. The van der Waals surface area contributed by atoms with Gasteiger partial charge in [-0.25, -0.2) is 0 Å². The molecule has 0 saturated heterocycles. The molecule has 0 atom stereocenters. The number of fused-ring (bicyclic) bond motifs is 6. The van der Waals surface area contributed by atoms with Gasteiger partial charge >= 0.3 is 253 Å². The largest absolute Gasteiger partial charge is 1.00 e. The SMILES string of the molecule is C(c1ccccc1)=c1cccc2c1=[C]([Zr+2][C]1=c3c(cccc3=Cc3ccccc3)-c3ccccc31)c1ccccc1-2.[Cl-].[Cl-]. The minimum Gasteiger partial charge on any atom is -1.00 e. The average molecular weight is 669 g/mol. The molecule has 6 aromatic carbocycles. The molecule has 0 heterocycles. The summed E-state index contributed by atoms with van der Waals surface area (Å²) in [7, 11) is 0. The molecule has 204 valence electrons. The third kappa shape index (κ3) is 5.21. The van der Waals surface area contributed by atoms with Crippen molar-refractivity contribution in [2.24, 2.45) is 0 Å². The molecule has 0 nitrogen and oxygen atoms in total. The molecule has 0 bridgehead atoms. The minimum atomic E-state index is -1.29. The summed E-state index contributed by atoms with van der Waals surface area (Å²) in [6.07, 6.45) is 4.72. The Morgan fingerprint density at radius 1 is 0.326 bits per heavy atom. The van der Waals surface area contributed by atoms with E-state index in [1.54, 1.807) is 6.56 Å². The van der Waals surface area contributed by atoms with Gasteiger partial charge in [0.15, 0.2) is 0 Å². The zero-order chi connectivity index (χ0) is 27.2. The van der Waals surface area contributed by atoms with Crippen LogP contribution < -0.4 is 45.7 Å². The van der Waals surface area contributed by atoms with Crippen LogP contribution in [0.25, 0.3) is 41.0 Å². The van der Waals surface area contributed by atoms with Crippen molar-refractivity contribution in [2.75, 3.05) is 0 Å². The van der Waals surface area contributed by atoms with Crippen molar-refractivity contribution in [2.45, 2.75) is 0 Å². The maximum absolute atomic E-state index is 2.36. The second-order valence-electron chi connectivity index (χ2n) is 10.6. The van der Waals surface area contributed by atoms with Crippen LogP contribution in [-0.2, 0) is 23.2 Å². The van der Waals surface area contributed by atoms with E-state index in [1.165, 1.54) is 65.4 Å². The first kappa shape index (κ1) is 29.3. The smallest absolute Gasteiger partial charge is 1.00 e. The summed E-state index contributed by atoms with van der Waals surface area (Å²) < 4.78 is 3.16. The first-order chi connectivity index (χ1) is 20.3. The van der Waals surface area contributed by atoms with Gasteiger partial charge in [0.1, 0.15) is 0 Å². The topological polar surface area (TPSA) is 0 Å². The van der Waals surface area contributed by atoms with Gasteiger partial charge in [0.25, 0.3) is 0 Å². The zero-order valence-corrected chi connectivity index (χ0v) is 27.2. The number of rotatable bonds is 4. The van der Waals surface area contributed by atoms with E-state index in [-0.39, 0.29) is 24.8 Å². The van der Waals surface area contributed by atoms with E-state index in [4.69, 9.17) is 0 Å². The van der Waals surface area contributed by atoms with E-state index in [2.05, 4.69) is 158 Å². The quantitative estimate of drug-likeness (QED) is 0.256. The van der Waals surface area contributed by atoms with Gasteiger partial charge in [-0.1, -0.05) is 0 Å². The van der Waals surface area contributed by atoms with Gasteiger partial charge in [-0.15, -0.1) is 0 Å². The molecule has 0 unspecified atom stereocenters. The fraction of sp³-hybridized carbons (Fsp3) is 0. The summed E-state index contributed by atoms with van der Waals surface area (Å²) in [6, 6.07) is 53.2. The molecule has 6 aromatic rings. The van der Waals surface area contributed by atoms with Gasteiger partial charge in [-0.3, -0.25) is 0 Å². The Kier molecular flexibility index (Phi) is 8.51. The molecule has 0 amide bonds. The molecule has 43 heavy (non-hydrogen) atoms. The Labute approximate surface area is 275 Å². The van der Waals surface area contributed by atoms with Crippen molar-refractivity contribution in [3.8, 4) is 22.3 Å². The molecule has 0 spiro atoms. The summed E-state index contributed by atoms with van der Waals surface area (Å²) in [5.41, 5.74) is 10.8. The van der Waals surface area contributed by atoms with Crippen LogP contribution in [0.15, 0.2) is 146 Å². The zero-order valence-electron chi connectivity index (χ0n) is 23.3. The predicted octanol–water partition coefficient (Wildman–Crippen LogP) is 0.409. The van der Waals surface area contributed by atoms with Gasteiger partial charge in [-0.05, 0) is 0 Å². The van der Waals surface area contributed by atoms with Gasteiger partial charge < -0.3 is 24.8 Å². The molecule has 0 aromatic heterocycles. The Bertz CT molecular complexity index is 2060. The van der Waals surface area contributed by atoms with Gasteiger partial charge in [0.05, 0.1) is 0 Å². The Balaban J connectivity index is 0.00000165. The van der Waals surface area contributed by atoms with Gasteiger partial charge in [0, 0.05) is 0 Å². The van der Waals surface area contributed by atoms with Crippen LogP contribution in [0.2, 0.25) is 0 Å². The van der Waals surface area contributed by atoms with Crippen molar-refractivity contribution < 1.29 is 48.0 Å². The van der Waals surface area contributed by atoms with Crippen LogP contribution in [0.3, 0.4) is 0 Å². The maximum Gasteiger partial charge on any atom is -1.00 e. The standard InChI is InChI=1S/2C20H13.2ClH.Zr/c2*1-2-7-15(8-3-1)13-16-10-6-12-19-18-11-5-4-9-17(18)14-20(16)19;;;/h2*1-13H;2*1H;/q;;;;+2/p-2. The second-order valence-corrected chi connectivity index (χ2v) is 13.7. The van der Waals surface area contributed by atoms with Crippen LogP contribution in [0.4, 0.5) is 0 Å². The number of hydrogen-bond acceptors (Lipinski definition) is 0. The Morgan fingerprint density at radius 2 is 0.674 bits per heavy atom. The average Bonchev–Trinajstić information content (AvgIpc) is 3.53. The molecule has 0 fully saturated rings. The molecule has 2 aliphatic rings. The Morgan fingerprint density at radius 3 is 1.09 bits per heavy atom. The van der Waals surface area contributed by atoms with Crippen molar-refractivity contribution in [1.29, 1.82) is 0 Å². The van der Waals surface area contributed by atoms with Crippen LogP contribution in [0, 0.1) is 0 Å². The van der Waals surface area contributed by atoms with Gasteiger partial charge in [-0.2, -0.15) is 0 Å². The Hall–Kier alpha value is -3.74. The van der Waals surface area contributed by atoms with E-state index in [0.29, 0.717) is 0 Å². The number of halogens is 2. The predicted molar refractivity (Wildman–Crippen MR) is 167 cm³/mol. The first-order valence-electron chi connectivity index (χ1n) is 14.1. The number of benzene rings is 6. The number of hydrogen-bond donors (Lipinski definition) is 0. The van der Waals surface area contributed by atoms with Crippen LogP contribution >= 0.6 is 0 Å². The molecular formula is C40H26Cl2Zr. The van der Waals surface area contributed by atoms with E-state index in [9.17, 15) is 0 Å². The third-order valence-corrected chi connectivity index (χ3v) is 11.9. The molecule has 8 rings (SSSR count). The molecule has 0 aliphatic heterocycles. The summed E-state index contributed by atoms with van der Waals surface area (Å²) >= 11 is -1.29. The molecule has 3 heteroatoms. The second kappa shape index (κ2) is 12.5. The van der Waals surface area contributed by atoms with Crippen molar-refractivity contribution in [3.63, 3.8) is 0 Å². The molecule has 0 N–H and O–H groups in total. The van der Waals surface area contributed by atoms with Crippen LogP contribution in [0.1, 0.15) is 22.3 Å². The monoisotopic (exact) mass is 666 g/mol. The normalized spacial score (nSPS) is 12.8. The summed E-state index contributed by atoms with van der Waals surface area (Å²) in [4.78, 5) is 0. The minimum absolute atomic E-state index is 0. The van der Waals surface area contributed by atoms with Gasteiger partial charge in [0.2, 0.25) is 0 Å². The summed E-state index contributed by atoms with van der Waals surface area (Å²) in [5.74, 6) is 0. The fourth-order valence-corrected chi connectivity index (χ4v) is 10.7. The maximum atomic E-state index is 2.36. The molecule has 0 radical (unpaired) electrons. The van der Waals surface area contributed by atoms with Crippen molar-refractivity contribution in [1.82, 2.24) is 0 Å². The molecular weight excluding hydrogens is 643 g/mol.